The van der Waals surface area contributed by atoms with Gasteiger partial charge in [0, 0.05) is 11.3 Å². The molecular weight excluding hydrogens is 394 g/mol. The molecule has 0 aliphatic carbocycles. The summed E-state index contributed by atoms with van der Waals surface area (Å²) in [5.41, 5.74) is 2.54. The van der Waals surface area contributed by atoms with Crippen LogP contribution < -0.4 is 9.64 Å². The van der Waals surface area contributed by atoms with Crippen LogP contribution in [0.5, 0.6) is 11.5 Å². The average Bonchev–Trinajstić information content (AvgIpc) is 3.05. The van der Waals surface area contributed by atoms with Crippen molar-refractivity contribution in [2.24, 2.45) is 0 Å². The van der Waals surface area contributed by atoms with Crippen LogP contribution in [0.4, 0.5) is 5.69 Å². The number of aliphatic hydroxyl groups excluding tert-OH is 1. The number of hydrogen-bond donors (Lipinski definition) is 2. The minimum absolute atomic E-state index is 0.00657. The topological polar surface area (TPSA) is 87.1 Å². The van der Waals surface area contributed by atoms with Crippen molar-refractivity contribution in [1.82, 2.24) is 0 Å². The first-order chi connectivity index (χ1) is 14.9. The molecule has 1 fully saturated rings. The molecule has 0 radical (unpaired) electrons. The Labute approximate surface area is 179 Å². The Kier molecular flexibility index (Phi) is 5.21. The van der Waals surface area contributed by atoms with Crippen LogP contribution in [-0.2, 0) is 9.59 Å². The summed E-state index contributed by atoms with van der Waals surface area (Å²) in [6, 6.07) is 19.2. The summed E-state index contributed by atoms with van der Waals surface area (Å²) in [7, 11) is 1.55. The number of nitrogens with zero attached hydrogens (tertiary/aromatic N) is 1. The van der Waals surface area contributed by atoms with Crippen LogP contribution in [0.3, 0.4) is 0 Å². The summed E-state index contributed by atoms with van der Waals surface area (Å²) in [5, 5.41) is 20.7. The molecule has 1 amide bonds. The molecule has 2 N–H and O–H groups in total. The van der Waals surface area contributed by atoms with Gasteiger partial charge in [-0.25, -0.2) is 0 Å². The third-order valence-electron chi connectivity index (χ3n) is 5.33. The Morgan fingerprint density at radius 2 is 1.52 bits per heavy atom. The number of phenols is 1. The highest BCUT2D eigenvalue weighted by molar-refractivity contribution is 6.51. The summed E-state index contributed by atoms with van der Waals surface area (Å²) in [5.74, 6) is -1.09. The molecule has 6 nitrogen and oxygen atoms in total. The van der Waals surface area contributed by atoms with Gasteiger partial charge in [-0.15, -0.1) is 0 Å². The quantitative estimate of drug-likeness (QED) is 0.376. The number of methoxy groups -OCH3 is 1. The maximum atomic E-state index is 13.1. The smallest absolute Gasteiger partial charge is 0.300 e. The molecule has 0 bridgehead atoms. The van der Waals surface area contributed by atoms with Gasteiger partial charge in [0.1, 0.15) is 17.3 Å². The van der Waals surface area contributed by atoms with E-state index in [1.165, 1.54) is 17.0 Å². The van der Waals surface area contributed by atoms with Gasteiger partial charge in [0.2, 0.25) is 0 Å². The molecular formula is C25H21NO5. The van der Waals surface area contributed by atoms with E-state index in [9.17, 15) is 19.8 Å². The molecule has 0 spiro atoms. The Morgan fingerprint density at radius 3 is 2.10 bits per heavy atom. The van der Waals surface area contributed by atoms with E-state index in [4.69, 9.17) is 4.74 Å². The number of carbonyl (C=O) groups is 2. The van der Waals surface area contributed by atoms with Gasteiger partial charge in [0.15, 0.2) is 0 Å². The summed E-state index contributed by atoms with van der Waals surface area (Å²) >= 11 is 0. The predicted octanol–water partition coefficient (Wildman–Crippen LogP) is 4.34. The molecule has 1 atom stereocenters. The fourth-order valence-electron chi connectivity index (χ4n) is 3.68. The number of benzene rings is 3. The highest BCUT2D eigenvalue weighted by Gasteiger charge is 2.46. The van der Waals surface area contributed by atoms with E-state index in [1.807, 2.05) is 19.1 Å². The van der Waals surface area contributed by atoms with E-state index in [0.717, 1.165) is 5.56 Å². The molecule has 1 aliphatic heterocycles. The Hall–Kier alpha value is -4.06. The molecule has 3 aromatic carbocycles. The minimum atomic E-state index is -0.836. The molecule has 0 unspecified atom stereocenters. The van der Waals surface area contributed by atoms with Crippen LogP contribution in [0.2, 0.25) is 0 Å². The molecule has 1 saturated heterocycles. The van der Waals surface area contributed by atoms with Crippen molar-refractivity contribution in [2.75, 3.05) is 12.0 Å². The number of hydrogen-bond acceptors (Lipinski definition) is 5. The molecule has 3 aromatic rings. The van der Waals surface area contributed by atoms with Crippen molar-refractivity contribution in [3.8, 4) is 11.5 Å². The summed E-state index contributed by atoms with van der Waals surface area (Å²) in [6.45, 7) is 1.92. The average molecular weight is 415 g/mol. The fraction of sp³-hybridized carbons (Fsp3) is 0.120. The molecule has 1 aliphatic rings. The van der Waals surface area contributed by atoms with E-state index >= 15 is 0 Å². The maximum absolute atomic E-state index is 13.1. The molecule has 1 heterocycles. The van der Waals surface area contributed by atoms with E-state index < -0.39 is 17.7 Å². The Balaban J connectivity index is 1.92. The second-order valence-corrected chi connectivity index (χ2v) is 7.32. The number of anilines is 1. The zero-order valence-corrected chi connectivity index (χ0v) is 17.1. The number of amides is 1. The van der Waals surface area contributed by atoms with Crippen molar-refractivity contribution in [3.05, 3.63) is 95.1 Å². The Morgan fingerprint density at radius 1 is 0.903 bits per heavy atom. The van der Waals surface area contributed by atoms with Crippen molar-refractivity contribution in [1.29, 1.82) is 0 Å². The van der Waals surface area contributed by atoms with Crippen molar-refractivity contribution in [2.45, 2.75) is 13.0 Å². The van der Waals surface area contributed by atoms with Crippen LogP contribution in [0.15, 0.2) is 78.4 Å². The first-order valence-corrected chi connectivity index (χ1v) is 9.71. The van der Waals surface area contributed by atoms with Gasteiger partial charge in [-0.2, -0.15) is 0 Å². The third-order valence-corrected chi connectivity index (χ3v) is 5.33. The minimum Gasteiger partial charge on any atom is -0.508 e. The molecule has 0 saturated carbocycles. The van der Waals surface area contributed by atoms with Gasteiger partial charge in [-0.05, 0) is 48.9 Å². The monoisotopic (exact) mass is 415 g/mol. The number of ether oxygens (including phenoxy) is 1. The van der Waals surface area contributed by atoms with Crippen LogP contribution in [0.25, 0.3) is 5.76 Å². The van der Waals surface area contributed by atoms with Gasteiger partial charge < -0.3 is 14.9 Å². The largest absolute Gasteiger partial charge is 0.508 e. The molecule has 4 rings (SSSR count). The highest BCUT2D eigenvalue weighted by atomic mass is 16.5. The second kappa shape index (κ2) is 7.99. The van der Waals surface area contributed by atoms with Crippen LogP contribution in [0.1, 0.15) is 22.7 Å². The number of Topliss-reactive ketones (excluding diaryl/α,β-unsaturated/α-hetero) is 1. The lowest BCUT2D eigenvalue weighted by Crippen LogP contribution is -2.29. The lowest BCUT2D eigenvalue weighted by molar-refractivity contribution is -0.132. The number of carbonyl (C=O) groups excluding carboxylic acids is 2. The fourth-order valence-corrected chi connectivity index (χ4v) is 3.68. The number of phenolic OH excluding ortho intramolecular Hbond substituents is 1. The molecule has 6 heteroatoms. The first-order valence-electron chi connectivity index (χ1n) is 9.71. The van der Waals surface area contributed by atoms with Gasteiger partial charge in [0.05, 0.1) is 18.7 Å². The first kappa shape index (κ1) is 20.2. The maximum Gasteiger partial charge on any atom is 0.300 e. The van der Waals surface area contributed by atoms with E-state index in [-0.39, 0.29) is 17.1 Å². The zero-order chi connectivity index (χ0) is 22.1. The van der Waals surface area contributed by atoms with Gasteiger partial charge in [-0.1, -0.05) is 42.0 Å². The van der Waals surface area contributed by atoms with E-state index in [2.05, 4.69) is 0 Å². The number of aryl methyl sites for hydroxylation is 1. The molecule has 0 aromatic heterocycles. The predicted molar refractivity (Wildman–Crippen MR) is 117 cm³/mol. The van der Waals surface area contributed by atoms with E-state index in [1.54, 1.807) is 55.6 Å². The standard InChI is InChI=1S/C25H21NO5/c1-15-3-5-17(6-4-15)23(28)21-22(16-7-13-20(31-2)14-8-16)26(25(30)24(21)29)18-9-11-19(27)12-10-18/h3-14,22,27-28H,1-2H3/t22-/m1/s1. The summed E-state index contributed by atoms with van der Waals surface area (Å²) in [6.07, 6.45) is 0. The van der Waals surface area contributed by atoms with Gasteiger partial charge >= 0.3 is 0 Å². The highest BCUT2D eigenvalue weighted by Crippen LogP contribution is 2.42. The Bertz CT molecular complexity index is 1160. The van der Waals surface area contributed by atoms with Crippen LogP contribution in [-0.4, -0.2) is 29.0 Å². The summed E-state index contributed by atoms with van der Waals surface area (Å²) in [4.78, 5) is 27.4. The SMILES string of the molecule is COc1ccc([C@@H]2C(=C(O)c3ccc(C)cc3)C(=O)C(=O)N2c2ccc(O)cc2)cc1. The summed E-state index contributed by atoms with van der Waals surface area (Å²) < 4.78 is 5.22. The lowest BCUT2D eigenvalue weighted by atomic mass is 9.95. The van der Waals surface area contributed by atoms with E-state index in [0.29, 0.717) is 22.6 Å². The number of aliphatic hydroxyl groups is 1. The number of rotatable bonds is 4. The number of aromatic hydroxyl groups is 1. The third kappa shape index (κ3) is 3.64. The van der Waals surface area contributed by atoms with Gasteiger partial charge in [0.25, 0.3) is 11.7 Å². The van der Waals surface area contributed by atoms with Crippen LogP contribution >= 0.6 is 0 Å². The number of ketones is 1. The van der Waals surface area contributed by atoms with Crippen LogP contribution in [0, 0.1) is 6.92 Å². The lowest BCUT2D eigenvalue weighted by Gasteiger charge is -2.25. The normalized spacial score (nSPS) is 17.7. The van der Waals surface area contributed by atoms with Gasteiger partial charge in [-0.3, -0.25) is 14.5 Å². The van der Waals surface area contributed by atoms with Crippen molar-refractivity contribution < 1.29 is 24.5 Å². The molecule has 31 heavy (non-hydrogen) atoms. The van der Waals surface area contributed by atoms with Crippen molar-refractivity contribution >= 4 is 23.1 Å². The molecule has 156 valence electrons. The van der Waals surface area contributed by atoms with Crippen molar-refractivity contribution in [3.63, 3.8) is 0 Å². The second-order valence-electron chi connectivity index (χ2n) is 7.32. The zero-order valence-electron chi connectivity index (χ0n) is 17.1.